The van der Waals surface area contributed by atoms with Crippen LogP contribution in [-0.2, 0) is 23.1 Å². The van der Waals surface area contributed by atoms with Gasteiger partial charge in [0.1, 0.15) is 12.3 Å². The first kappa shape index (κ1) is 17.4. The van der Waals surface area contributed by atoms with Crippen molar-refractivity contribution in [2.75, 3.05) is 11.9 Å². The Labute approximate surface area is 140 Å². The fourth-order valence-electron chi connectivity index (χ4n) is 2.40. The number of alkyl halides is 3. The van der Waals surface area contributed by atoms with Gasteiger partial charge >= 0.3 is 6.36 Å². The first-order chi connectivity index (χ1) is 11.8. The molecule has 0 aliphatic carbocycles. The molecule has 0 saturated carbocycles. The molecule has 0 aromatic carbocycles. The van der Waals surface area contributed by atoms with E-state index in [-0.39, 0.29) is 23.3 Å². The molecule has 0 spiro atoms. The number of hydrogen-bond acceptors (Lipinski definition) is 5. The Balaban J connectivity index is 1.64. The number of nitrogens with zero attached hydrogens (tertiary/aromatic N) is 3. The van der Waals surface area contributed by atoms with Crippen molar-refractivity contribution in [2.45, 2.75) is 25.5 Å². The molecule has 1 aliphatic heterocycles. The van der Waals surface area contributed by atoms with Gasteiger partial charge in [0.25, 0.3) is 5.91 Å². The highest BCUT2D eigenvalue weighted by molar-refractivity contribution is 6.02. The number of H-pyrrole nitrogens is 1. The summed E-state index contributed by atoms with van der Waals surface area (Å²) in [6.45, 7) is -0.212. The minimum atomic E-state index is -4.76. The lowest BCUT2D eigenvalue weighted by Gasteiger charge is -2.04. The Hall–Kier alpha value is -2.40. The van der Waals surface area contributed by atoms with Gasteiger partial charge in [0.2, 0.25) is 0 Å². The molecule has 1 saturated heterocycles. The first-order valence-corrected chi connectivity index (χ1v) is 7.35. The molecule has 0 unspecified atom stereocenters. The SMILES string of the molecule is Cn1nc(COC(F)(F)F)cc1C(=O)Nc1cc([C@@H]2C[CH]CO2)[nH]n1. The van der Waals surface area contributed by atoms with Crippen molar-refractivity contribution in [2.24, 2.45) is 7.05 Å². The van der Waals surface area contributed by atoms with Crippen LogP contribution >= 0.6 is 0 Å². The van der Waals surface area contributed by atoms with Gasteiger partial charge < -0.3 is 10.1 Å². The topological polar surface area (TPSA) is 94.1 Å². The zero-order valence-corrected chi connectivity index (χ0v) is 13.1. The van der Waals surface area contributed by atoms with Crippen LogP contribution < -0.4 is 5.32 Å². The van der Waals surface area contributed by atoms with E-state index in [9.17, 15) is 18.0 Å². The van der Waals surface area contributed by atoms with E-state index in [0.29, 0.717) is 6.61 Å². The fourth-order valence-corrected chi connectivity index (χ4v) is 2.40. The van der Waals surface area contributed by atoms with Gasteiger partial charge in [-0.15, -0.1) is 13.2 Å². The first-order valence-electron chi connectivity index (χ1n) is 7.35. The molecule has 3 rings (SSSR count). The second-order valence-electron chi connectivity index (χ2n) is 5.39. The number of aryl methyl sites for hydroxylation is 1. The largest absolute Gasteiger partial charge is 0.522 e. The highest BCUT2D eigenvalue weighted by Gasteiger charge is 2.29. The molecule has 25 heavy (non-hydrogen) atoms. The average molecular weight is 358 g/mol. The number of halogens is 3. The molecule has 135 valence electrons. The minimum absolute atomic E-state index is 0.0115. The van der Waals surface area contributed by atoms with E-state index in [1.807, 2.05) is 6.42 Å². The summed E-state index contributed by atoms with van der Waals surface area (Å²) in [5.41, 5.74) is 0.798. The van der Waals surface area contributed by atoms with Crippen molar-refractivity contribution in [3.05, 3.63) is 35.6 Å². The number of aromatic nitrogens is 4. The summed E-state index contributed by atoms with van der Waals surface area (Å²) in [4.78, 5) is 12.3. The number of hydrogen-bond donors (Lipinski definition) is 2. The summed E-state index contributed by atoms with van der Waals surface area (Å²) in [6.07, 6.45) is -2.14. The highest BCUT2D eigenvalue weighted by atomic mass is 19.4. The molecule has 2 aromatic heterocycles. The third-order valence-electron chi connectivity index (χ3n) is 3.53. The summed E-state index contributed by atoms with van der Waals surface area (Å²) >= 11 is 0. The highest BCUT2D eigenvalue weighted by Crippen LogP contribution is 2.27. The number of carbonyl (C=O) groups is 1. The lowest BCUT2D eigenvalue weighted by atomic mass is 10.2. The van der Waals surface area contributed by atoms with Gasteiger partial charge in [-0.2, -0.15) is 10.2 Å². The van der Waals surface area contributed by atoms with Crippen LogP contribution in [0.4, 0.5) is 19.0 Å². The van der Waals surface area contributed by atoms with Gasteiger partial charge in [-0.05, 0) is 18.9 Å². The summed E-state index contributed by atoms with van der Waals surface area (Å²) in [6, 6.07) is 2.87. The number of amides is 1. The van der Waals surface area contributed by atoms with E-state index in [4.69, 9.17) is 4.74 Å². The molecule has 8 nitrogen and oxygen atoms in total. The van der Waals surface area contributed by atoms with Crippen LogP contribution in [0.5, 0.6) is 0 Å². The quantitative estimate of drug-likeness (QED) is 0.854. The maximum atomic E-state index is 12.3. The summed E-state index contributed by atoms with van der Waals surface area (Å²) in [5.74, 6) is -0.269. The van der Waals surface area contributed by atoms with Crippen molar-refractivity contribution in [3.63, 3.8) is 0 Å². The lowest BCUT2D eigenvalue weighted by Crippen LogP contribution is -2.16. The van der Waals surface area contributed by atoms with Crippen molar-refractivity contribution >= 4 is 11.7 Å². The van der Waals surface area contributed by atoms with E-state index in [1.165, 1.54) is 17.8 Å². The van der Waals surface area contributed by atoms with E-state index in [0.717, 1.165) is 12.1 Å². The average Bonchev–Trinajstić information content (AvgIpc) is 3.23. The molecule has 3 heterocycles. The minimum Gasteiger partial charge on any atom is -0.372 e. The van der Waals surface area contributed by atoms with Crippen LogP contribution in [0.1, 0.15) is 34.4 Å². The number of anilines is 1. The Morgan fingerprint density at radius 3 is 3.00 bits per heavy atom. The van der Waals surface area contributed by atoms with Crippen molar-refractivity contribution in [3.8, 4) is 0 Å². The third kappa shape index (κ3) is 4.37. The van der Waals surface area contributed by atoms with Gasteiger partial charge in [0.05, 0.1) is 24.1 Å². The maximum Gasteiger partial charge on any atom is 0.522 e. The normalized spacial score (nSPS) is 17.8. The molecule has 11 heteroatoms. The van der Waals surface area contributed by atoms with Crippen LogP contribution in [-0.4, -0.2) is 38.9 Å². The predicted octanol–water partition coefficient (Wildman–Crippen LogP) is 2.10. The summed E-state index contributed by atoms with van der Waals surface area (Å²) in [7, 11) is 1.45. The molecule has 1 radical (unpaired) electrons. The van der Waals surface area contributed by atoms with Crippen LogP contribution in [0.2, 0.25) is 0 Å². The predicted molar refractivity (Wildman–Crippen MR) is 78.2 cm³/mol. The number of aromatic amines is 1. The van der Waals surface area contributed by atoms with Crippen molar-refractivity contribution < 1.29 is 27.4 Å². The maximum absolute atomic E-state index is 12.3. The Kier molecular flexibility index (Phi) is 4.77. The number of carbonyl (C=O) groups excluding carboxylic acids is 1. The van der Waals surface area contributed by atoms with Crippen LogP contribution in [0.25, 0.3) is 0 Å². The molecular formula is C14H15F3N5O3. The summed E-state index contributed by atoms with van der Waals surface area (Å²) < 4.78 is 46.5. The van der Waals surface area contributed by atoms with E-state index >= 15 is 0 Å². The number of rotatable bonds is 5. The van der Waals surface area contributed by atoms with Gasteiger partial charge in [-0.25, -0.2) is 0 Å². The van der Waals surface area contributed by atoms with Gasteiger partial charge in [-0.3, -0.25) is 19.3 Å². The van der Waals surface area contributed by atoms with Crippen LogP contribution in [0, 0.1) is 6.42 Å². The van der Waals surface area contributed by atoms with Gasteiger partial charge in [-0.1, -0.05) is 0 Å². The Morgan fingerprint density at radius 2 is 2.32 bits per heavy atom. The molecule has 2 aromatic rings. The van der Waals surface area contributed by atoms with Crippen LogP contribution in [0.15, 0.2) is 12.1 Å². The molecular weight excluding hydrogens is 343 g/mol. The standard InChI is InChI=1S/C14H15F3N5O3/c1-22-10(5-8(21-22)7-25-14(15,16)17)13(23)18-12-6-9(19-20-12)11-3-2-4-24-11/h2,5-6,11H,3-4,7H2,1H3,(H2,18,19,20,23)/t11-/m0/s1. The zero-order chi connectivity index (χ0) is 18.0. The molecule has 1 atom stereocenters. The monoisotopic (exact) mass is 358 g/mol. The Morgan fingerprint density at radius 1 is 1.52 bits per heavy atom. The fraction of sp³-hybridized carbons (Fsp3) is 0.429. The van der Waals surface area contributed by atoms with Crippen molar-refractivity contribution in [1.82, 2.24) is 20.0 Å². The molecule has 1 fully saturated rings. The van der Waals surface area contributed by atoms with Gasteiger partial charge in [0, 0.05) is 13.1 Å². The second-order valence-corrected chi connectivity index (χ2v) is 5.39. The molecule has 1 aliphatic rings. The molecule has 2 N–H and O–H groups in total. The van der Waals surface area contributed by atoms with Crippen LogP contribution in [0.3, 0.4) is 0 Å². The third-order valence-corrected chi connectivity index (χ3v) is 3.53. The lowest BCUT2D eigenvalue weighted by molar-refractivity contribution is -0.330. The van der Waals surface area contributed by atoms with Crippen molar-refractivity contribution in [1.29, 1.82) is 0 Å². The molecule has 0 bridgehead atoms. The number of nitrogens with one attached hydrogen (secondary N) is 2. The van der Waals surface area contributed by atoms with E-state index in [2.05, 4.69) is 25.3 Å². The number of ether oxygens (including phenoxy) is 2. The smallest absolute Gasteiger partial charge is 0.372 e. The van der Waals surface area contributed by atoms with Gasteiger partial charge in [0.15, 0.2) is 5.82 Å². The van der Waals surface area contributed by atoms with E-state index < -0.39 is 18.9 Å². The zero-order valence-electron chi connectivity index (χ0n) is 13.1. The summed E-state index contributed by atoms with van der Waals surface area (Å²) in [5, 5.41) is 13.1. The van der Waals surface area contributed by atoms with E-state index in [1.54, 1.807) is 6.07 Å². The molecule has 1 amide bonds. The second kappa shape index (κ2) is 6.84. The Bertz CT molecular complexity index is 749.